The Kier molecular flexibility index (Phi) is 8.01. The largest absolute Gasteiger partial charge is 0.456 e. The van der Waals surface area contributed by atoms with E-state index in [0.717, 1.165) is 56.7 Å². The van der Waals surface area contributed by atoms with Crippen molar-refractivity contribution in [3.8, 4) is 0 Å². The number of anilines is 4. The number of aryl methyl sites for hydroxylation is 2. The summed E-state index contributed by atoms with van der Waals surface area (Å²) in [5.74, 6) is 0. The molecule has 7 aromatic rings. The van der Waals surface area contributed by atoms with Crippen LogP contribution in [0.2, 0.25) is 0 Å². The Morgan fingerprint density at radius 1 is 0.648 bits per heavy atom. The summed E-state index contributed by atoms with van der Waals surface area (Å²) in [7, 11) is 0. The van der Waals surface area contributed by atoms with Crippen LogP contribution in [0.3, 0.4) is 0 Å². The summed E-state index contributed by atoms with van der Waals surface area (Å²) < 4.78 is 7.12. The standard InChI is InChI=1S/C51H46N2O/c1-32-14-12-16-37(27-32)52(43-24-22-34(3)26-36(43)5)44-29-46-49(41-20-10-8-18-39(41)44)50-42-21-11-9-19-40(42)45(30-47(50)54-46)53(38-17-13-15-33(2)28-38)48-25-23-35(4)31-51(48,6)7/h8-30,43H,5,31H2,1-4,6-7H3. The fraction of sp³-hybridized carbons (Fsp3) is 0.176. The summed E-state index contributed by atoms with van der Waals surface area (Å²) in [6.07, 6.45) is 12.3. The van der Waals surface area contributed by atoms with Gasteiger partial charge in [-0.1, -0.05) is 129 Å². The Hall–Kier alpha value is -6.06. The van der Waals surface area contributed by atoms with Gasteiger partial charge < -0.3 is 14.2 Å². The van der Waals surface area contributed by atoms with Crippen molar-refractivity contribution in [2.75, 3.05) is 9.80 Å². The maximum absolute atomic E-state index is 7.12. The summed E-state index contributed by atoms with van der Waals surface area (Å²) in [4.78, 5) is 4.91. The minimum Gasteiger partial charge on any atom is -0.456 e. The molecule has 54 heavy (non-hydrogen) atoms. The first-order valence-electron chi connectivity index (χ1n) is 19.0. The van der Waals surface area contributed by atoms with Gasteiger partial charge in [0.1, 0.15) is 11.2 Å². The van der Waals surface area contributed by atoms with E-state index >= 15 is 0 Å². The highest BCUT2D eigenvalue weighted by Gasteiger charge is 2.33. The normalized spacial score (nSPS) is 16.9. The Labute approximate surface area is 318 Å². The predicted octanol–water partition coefficient (Wildman–Crippen LogP) is 14.5. The Morgan fingerprint density at radius 3 is 1.83 bits per heavy atom. The van der Waals surface area contributed by atoms with Gasteiger partial charge in [-0.25, -0.2) is 0 Å². The van der Waals surface area contributed by atoms with Crippen molar-refractivity contribution < 1.29 is 4.42 Å². The quantitative estimate of drug-likeness (QED) is 0.172. The molecule has 3 nitrogen and oxygen atoms in total. The second kappa shape index (κ2) is 12.8. The highest BCUT2D eigenvalue weighted by atomic mass is 16.3. The number of benzene rings is 6. The summed E-state index contributed by atoms with van der Waals surface area (Å²) in [5, 5.41) is 7.00. The third-order valence-corrected chi connectivity index (χ3v) is 11.3. The molecule has 1 heterocycles. The maximum atomic E-state index is 7.12. The Bertz CT molecular complexity index is 2800. The summed E-state index contributed by atoms with van der Waals surface area (Å²) in [6, 6.07) is 39.8. The van der Waals surface area contributed by atoms with Crippen molar-refractivity contribution in [1.82, 2.24) is 0 Å². The molecule has 0 amide bonds. The summed E-state index contributed by atoms with van der Waals surface area (Å²) >= 11 is 0. The lowest BCUT2D eigenvalue weighted by Gasteiger charge is -2.40. The van der Waals surface area contributed by atoms with Crippen LogP contribution in [0.15, 0.2) is 173 Å². The SMILES string of the molecule is C=C1C=C(C)C=CC1N(c1cccc(C)c1)c1cc2oc3cc(N(C4=CC=C(C)CC4(C)C)c4cccc(C)c4)c4ccccc4c3c2c2ccccc12. The molecule has 266 valence electrons. The third kappa shape index (κ3) is 5.58. The number of nitrogens with zero attached hydrogens (tertiary/aromatic N) is 2. The first-order chi connectivity index (χ1) is 26.1. The maximum Gasteiger partial charge on any atom is 0.138 e. The van der Waals surface area contributed by atoms with Crippen molar-refractivity contribution >= 4 is 66.2 Å². The van der Waals surface area contributed by atoms with Gasteiger partial charge in [0.05, 0.1) is 17.4 Å². The van der Waals surface area contributed by atoms with E-state index in [-0.39, 0.29) is 11.5 Å². The zero-order chi connectivity index (χ0) is 37.3. The van der Waals surface area contributed by atoms with Crippen molar-refractivity contribution in [1.29, 1.82) is 0 Å². The van der Waals surface area contributed by atoms with Crippen LogP contribution in [0.4, 0.5) is 22.7 Å². The van der Waals surface area contributed by atoms with E-state index < -0.39 is 0 Å². The van der Waals surface area contributed by atoms with E-state index in [9.17, 15) is 0 Å². The molecule has 0 spiro atoms. The van der Waals surface area contributed by atoms with Gasteiger partial charge >= 0.3 is 0 Å². The zero-order valence-corrected chi connectivity index (χ0v) is 32.1. The van der Waals surface area contributed by atoms with E-state index in [2.05, 4.69) is 197 Å². The third-order valence-electron chi connectivity index (χ3n) is 11.3. The van der Waals surface area contributed by atoms with Crippen molar-refractivity contribution in [3.05, 3.63) is 180 Å². The van der Waals surface area contributed by atoms with Gasteiger partial charge in [-0.3, -0.25) is 0 Å². The van der Waals surface area contributed by atoms with Crippen LogP contribution in [0.1, 0.15) is 45.2 Å². The summed E-state index contributed by atoms with van der Waals surface area (Å²) in [5.41, 5.74) is 13.5. The highest BCUT2D eigenvalue weighted by molar-refractivity contribution is 6.30. The van der Waals surface area contributed by atoms with Gasteiger partial charge in [-0.15, -0.1) is 0 Å². The van der Waals surface area contributed by atoms with Crippen LogP contribution in [0, 0.1) is 19.3 Å². The van der Waals surface area contributed by atoms with Gasteiger partial charge in [0.2, 0.25) is 0 Å². The lowest BCUT2D eigenvalue weighted by molar-refractivity contribution is 0.429. The van der Waals surface area contributed by atoms with Gasteiger partial charge in [-0.2, -0.15) is 0 Å². The number of fused-ring (bicyclic) bond motifs is 7. The number of allylic oxidation sites excluding steroid dienone is 6. The predicted molar refractivity (Wildman–Crippen MR) is 231 cm³/mol. The molecule has 3 heteroatoms. The van der Waals surface area contributed by atoms with Gasteiger partial charge in [0.25, 0.3) is 0 Å². The zero-order valence-electron chi connectivity index (χ0n) is 32.1. The smallest absolute Gasteiger partial charge is 0.138 e. The molecule has 6 aromatic carbocycles. The van der Waals surface area contributed by atoms with Crippen LogP contribution in [0.5, 0.6) is 0 Å². The number of rotatable bonds is 6. The van der Waals surface area contributed by atoms with Crippen molar-refractivity contribution in [2.24, 2.45) is 5.41 Å². The topological polar surface area (TPSA) is 19.6 Å². The minimum atomic E-state index is -0.0812. The van der Waals surface area contributed by atoms with E-state index in [1.165, 1.54) is 49.5 Å². The molecule has 2 aliphatic carbocycles. The van der Waals surface area contributed by atoms with Crippen LogP contribution in [-0.2, 0) is 0 Å². The molecule has 0 bridgehead atoms. The molecular weight excluding hydrogens is 657 g/mol. The second-order valence-corrected chi connectivity index (χ2v) is 16.0. The fourth-order valence-corrected chi connectivity index (χ4v) is 8.96. The molecule has 0 N–H and O–H groups in total. The number of hydrogen-bond acceptors (Lipinski definition) is 3. The molecule has 1 aromatic heterocycles. The first kappa shape index (κ1) is 33.8. The highest BCUT2D eigenvalue weighted by Crippen LogP contribution is 2.50. The Morgan fingerprint density at radius 2 is 1.22 bits per heavy atom. The summed E-state index contributed by atoms with van der Waals surface area (Å²) in [6.45, 7) is 18.0. The van der Waals surface area contributed by atoms with Crippen molar-refractivity contribution in [2.45, 2.75) is 54.0 Å². The molecule has 1 unspecified atom stereocenters. The van der Waals surface area contributed by atoms with E-state index in [0.29, 0.717) is 0 Å². The molecule has 9 rings (SSSR count). The van der Waals surface area contributed by atoms with Crippen LogP contribution in [-0.4, -0.2) is 6.04 Å². The second-order valence-electron chi connectivity index (χ2n) is 16.0. The number of hydrogen-bond donors (Lipinski definition) is 0. The average Bonchev–Trinajstić information content (AvgIpc) is 3.52. The lowest BCUT2D eigenvalue weighted by atomic mass is 9.78. The first-order valence-corrected chi connectivity index (χ1v) is 19.0. The molecule has 2 aliphatic rings. The molecule has 0 saturated carbocycles. The van der Waals surface area contributed by atoms with E-state index in [4.69, 9.17) is 4.42 Å². The van der Waals surface area contributed by atoms with E-state index in [1.54, 1.807) is 0 Å². The van der Waals surface area contributed by atoms with Gasteiger partial charge in [-0.05, 0) is 91.9 Å². The van der Waals surface area contributed by atoms with E-state index in [1.807, 2.05) is 0 Å². The minimum absolute atomic E-state index is 0.0548. The monoisotopic (exact) mass is 702 g/mol. The van der Waals surface area contributed by atoms with Crippen LogP contribution < -0.4 is 9.80 Å². The van der Waals surface area contributed by atoms with Gasteiger partial charge in [0, 0.05) is 56.2 Å². The molecule has 0 fully saturated rings. The Balaban J connectivity index is 1.35. The molecule has 1 atom stereocenters. The van der Waals surface area contributed by atoms with Gasteiger partial charge in [0.15, 0.2) is 0 Å². The van der Waals surface area contributed by atoms with Crippen LogP contribution in [0.25, 0.3) is 43.5 Å². The average molecular weight is 703 g/mol. The molecule has 0 aliphatic heterocycles. The van der Waals surface area contributed by atoms with Crippen molar-refractivity contribution in [3.63, 3.8) is 0 Å². The van der Waals surface area contributed by atoms with Crippen LogP contribution >= 0.6 is 0 Å². The molecule has 0 saturated heterocycles. The molecular formula is C51H46N2O. The fourth-order valence-electron chi connectivity index (χ4n) is 8.96. The molecule has 0 radical (unpaired) electrons. The lowest BCUT2D eigenvalue weighted by Crippen LogP contribution is -2.31. The number of furan rings is 1.